The minimum absolute atomic E-state index is 0. The summed E-state index contributed by atoms with van der Waals surface area (Å²) >= 11 is 0. The van der Waals surface area contributed by atoms with Crippen LogP contribution in [0.1, 0.15) is 28.9 Å². The van der Waals surface area contributed by atoms with Gasteiger partial charge in [0.25, 0.3) is 5.89 Å². The quantitative estimate of drug-likeness (QED) is 0.893. The van der Waals surface area contributed by atoms with Crippen LogP contribution in [0.4, 0.5) is 13.2 Å². The van der Waals surface area contributed by atoms with Crippen LogP contribution in [0.2, 0.25) is 0 Å². The summed E-state index contributed by atoms with van der Waals surface area (Å²) in [6.07, 6.45) is -1.32. The number of likely N-dealkylation sites (N-methyl/N-ethyl adjacent to an activating group) is 1. The Hall–Kier alpha value is -1.90. The molecule has 1 atom stereocenters. The largest absolute Gasteiger partial charge is 0.416 e. The van der Waals surface area contributed by atoms with Crippen molar-refractivity contribution in [1.82, 2.24) is 20.4 Å². The number of halogens is 4. The molecule has 0 spiro atoms. The second kappa shape index (κ2) is 7.99. The van der Waals surface area contributed by atoms with E-state index in [1.165, 1.54) is 18.2 Å². The highest BCUT2D eigenvalue weighted by atomic mass is 35.5. The normalized spacial score (nSPS) is 19.1. The Kier molecular flexibility index (Phi) is 6.21. The van der Waals surface area contributed by atoms with E-state index in [2.05, 4.69) is 20.4 Å². The summed E-state index contributed by atoms with van der Waals surface area (Å²) in [6, 6.07) is 5.09. The van der Waals surface area contributed by atoms with Crippen molar-refractivity contribution in [1.29, 1.82) is 0 Å². The molecule has 3 rings (SSSR count). The highest BCUT2D eigenvalue weighted by molar-refractivity contribution is 5.85. The van der Waals surface area contributed by atoms with E-state index in [0.29, 0.717) is 11.4 Å². The van der Waals surface area contributed by atoms with E-state index in [0.717, 1.165) is 31.8 Å². The van der Waals surface area contributed by atoms with Gasteiger partial charge in [-0.2, -0.15) is 18.2 Å². The highest BCUT2D eigenvalue weighted by Crippen LogP contribution is 2.29. The van der Waals surface area contributed by atoms with Crippen LogP contribution in [0.3, 0.4) is 0 Å². The van der Waals surface area contributed by atoms with Crippen LogP contribution in [0.25, 0.3) is 12.2 Å². The number of rotatable bonds is 3. The van der Waals surface area contributed by atoms with Crippen molar-refractivity contribution in [3.05, 3.63) is 47.1 Å². The lowest BCUT2D eigenvalue weighted by Gasteiger charge is -2.30. The molecule has 1 N–H and O–H groups in total. The van der Waals surface area contributed by atoms with Gasteiger partial charge in [0.05, 0.1) is 11.6 Å². The summed E-state index contributed by atoms with van der Waals surface area (Å²) < 4.78 is 43.3. The molecule has 9 heteroatoms. The van der Waals surface area contributed by atoms with Crippen molar-refractivity contribution in [3.8, 4) is 0 Å². The molecule has 0 aliphatic carbocycles. The first-order valence-electron chi connectivity index (χ1n) is 7.53. The van der Waals surface area contributed by atoms with E-state index in [1.54, 1.807) is 6.07 Å². The van der Waals surface area contributed by atoms with Gasteiger partial charge in [-0.25, -0.2) is 0 Å². The van der Waals surface area contributed by atoms with Crippen LogP contribution < -0.4 is 5.32 Å². The van der Waals surface area contributed by atoms with Gasteiger partial charge in [0.15, 0.2) is 5.82 Å². The Labute approximate surface area is 149 Å². The van der Waals surface area contributed by atoms with E-state index in [9.17, 15) is 13.2 Å². The van der Waals surface area contributed by atoms with Gasteiger partial charge >= 0.3 is 6.18 Å². The number of benzene rings is 1. The maximum Gasteiger partial charge on any atom is 0.416 e. The third-order valence-electron chi connectivity index (χ3n) is 3.90. The third kappa shape index (κ3) is 4.81. The van der Waals surface area contributed by atoms with Gasteiger partial charge < -0.3 is 9.84 Å². The second-order valence-corrected chi connectivity index (χ2v) is 5.65. The van der Waals surface area contributed by atoms with Gasteiger partial charge in [-0.1, -0.05) is 17.3 Å². The zero-order valence-corrected chi connectivity index (χ0v) is 14.3. The number of piperazine rings is 1. The summed E-state index contributed by atoms with van der Waals surface area (Å²) in [7, 11) is 1.99. The number of hydrogen-bond donors (Lipinski definition) is 1. The Bertz CT molecular complexity index is 732. The van der Waals surface area contributed by atoms with Crippen LogP contribution in [-0.4, -0.2) is 41.7 Å². The van der Waals surface area contributed by atoms with Crippen molar-refractivity contribution in [3.63, 3.8) is 0 Å². The molecule has 25 heavy (non-hydrogen) atoms. The van der Waals surface area contributed by atoms with E-state index >= 15 is 0 Å². The molecule has 1 fully saturated rings. The van der Waals surface area contributed by atoms with Gasteiger partial charge in [0, 0.05) is 25.7 Å². The van der Waals surface area contributed by atoms with Crippen molar-refractivity contribution >= 4 is 24.6 Å². The van der Waals surface area contributed by atoms with Crippen LogP contribution in [0, 0.1) is 0 Å². The fourth-order valence-corrected chi connectivity index (χ4v) is 2.53. The van der Waals surface area contributed by atoms with Gasteiger partial charge in [0.2, 0.25) is 0 Å². The SMILES string of the molecule is CN1CCNCC1c1noc(/C=C/c2cccc(C(F)(F)F)c2)n1.Cl. The van der Waals surface area contributed by atoms with Crippen LogP contribution >= 0.6 is 12.4 Å². The van der Waals surface area contributed by atoms with Crippen molar-refractivity contribution in [2.45, 2.75) is 12.2 Å². The molecule has 1 saturated heterocycles. The molecule has 0 saturated carbocycles. The Morgan fingerprint density at radius 3 is 2.84 bits per heavy atom. The first kappa shape index (κ1) is 19.4. The number of nitrogens with one attached hydrogen (secondary N) is 1. The maximum absolute atomic E-state index is 12.7. The number of nitrogens with zero attached hydrogens (tertiary/aromatic N) is 3. The summed E-state index contributed by atoms with van der Waals surface area (Å²) in [5, 5.41) is 7.22. The molecule has 1 aliphatic rings. The van der Waals surface area contributed by atoms with Gasteiger partial charge in [-0.3, -0.25) is 4.90 Å². The minimum atomic E-state index is -4.36. The lowest BCUT2D eigenvalue weighted by atomic mass is 10.1. The highest BCUT2D eigenvalue weighted by Gasteiger charge is 2.30. The van der Waals surface area contributed by atoms with Gasteiger partial charge in [-0.05, 0) is 30.8 Å². The monoisotopic (exact) mass is 374 g/mol. The average Bonchev–Trinajstić information content (AvgIpc) is 3.02. The minimum Gasteiger partial charge on any atom is -0.335 e. The van der Waals surface area contributed by atoms with Gasteiger partial charge in [0.1, 0.15) is 0 Å². The van der Waals surface area contributed by atoms with Crippen LogP contribution in [0.15, 0.2) is 28.8 Å². The molecule has 5 nitrogen and oxygen atoms in total. The van der Waals surface area contributed by atoms with E-state index in [-0.39, 0.29) is 24.3 Å². The molecule has 1 unspecified atom stereocenters. The van der Waals surface area contributed by atoms with E-state index in [4.69, 9.17) is 4.52 Å². The zero-order valence-electron chi connectivity index (χ0n) is 13.5. The molecule has 2 aromatic rings. The number of aromatic nitrogens is 2. The fourth-order valence-electron chi connectivity index (χ4n) is 2.53. The van der Waals surface area contributed by atoms with E-state index in [1.807, 2.05) is 7.05 Å². The molecule has 1 aromatic carbocycles. The molecule has 0 radical (unpaired) electrons. The molecule has 136 valence electrons. The number of alkyl halides is 3. The lowest BCUT2D eigenvalue weighted by Crippen LogP contribution is -2.44. The Morgan fingerprint density at radius 2 is 2.12 bits per heavy atom. The van der Waals surface area contributed by atoms with Crippen LogP contribution in [-0.2, 0) is 6.18 Å². The predicted molar refractivity (Wildman–Crippen MR) is 90.2 cm³/mol. The second-order valence-electron chi connectivity index (χ2n) is 5.65. The maximum atomic E-state index is 12.7. The summed E-state index contributed by atoms with van der Waals surface area (Å²) in [5.74, 6) is 0.828. The predicted octanol–water partition coefficient (Wildman–Crippen LogP) is 3.26. The van der Waals surface area contributed by atoms with Crippen molar-refractivity contribution in [2.24, 2.45) is 0 Å². The van der Waals surface area contributed by atoms with Gasteiger partial charge in [-0.15, -0.1) is 12.4 Å². The number of hydrogen-bond acceptors (Lipinski definition) is 5. The molecule has 1 aliphatic heterocycles. The molecule has 0 bridgehead atoms. The Morgan fingerprint density at radius 1 is 1.32 bits per heavy atom. The molecule has 2 heterocycles. The molecule has 0 amide bonds. The molecule has 1 aromatic heterocycles. The van der Waals surface area contributed by atoms with Crippen molar-refractivity contribution < 1.29 is 17.7 Å². The van der Waals surface area contributed by atoms with E-state index < -0.39 is 11.7 Å². The van der Waals surface area contributed by atoms with Crippen LogP contribution in [0.5, 0.6) is 0 Å². The summed E-state index contributed by atoms with van der Waals surface area (Å²) in [4.78, 5) is 6.43. The summed E-state index contributed by atoms with van der Waals surface area (Å²) in [6.45, 7) is 2.52. The summed E-state index contributed by atoms with van der Waals surface area (Å²) in [5.41, 5.74) is -0.271. The lowest BCUT2D eigenvalue weighted by molar-refractivity contribution is -0.137. The van der Waals surface area contributed by atoms with Crippen molar-refractivity contribution in [2.75, 3.05) is 26.7 Å². The fraction of sp³-hybridized carbons (Fsp3) is 0.375. The Balaban J connectivity index is 0.00000225. The standard InChI is InChI=1S/C16H17F3N4O.ClH/c1-23-8-7-20-10-13(23)15-21-14(24-22-15)6-5-11-3-2-4-12(9-11)16(17,18)19;/h2-6,9,13,20H,7-8,10H2,1H3;1H/b6-5+;. The average molecular weight is 375 g/mol. The molecular formula is C16H18ClF3N4O. The third-order valence-corrected chi connectivity index (χ3v) is 3.90. The smallest absolute Gasteiger partial charge is 0.335 e. The first-order valence-corrected chi connectivity index (χ1v) is 7.53. The molecular weight excluding hydrogens is 357 g/mol. The first-order chi connectivity index (χ1) is 11.4. The zero-order chi connectivity index (χ0) is 17.2. The topological polar surface area (TPSA) is 54.2 Å².